The highest BCUT2D eigenvalue weighted by molar-refractivity contribution is 9.10. The van der Waals surface area contributed by atoms with Crippen molar-refractivity contribution in [2.45, 2.75) is 12.5 Å². The van der Waals surface area contributed by atoms with E-state index in [-0.39, 0.29) is 12.5 Å². The van der Waals surface area contributed by atoms with E-state index >= 15 is 0 Å². The fourth-order valence-corrected chi connectivity index (χ4v) is 4.04. The number of nitrogens with two attached hydrogens (primary N) is 1. The van der Waals surface area contributed by atoms with Crippen LogP contribution in [0.3, 0.4) is 0 Å². The van der Waals surface area contributed by atoms with Crippen LogP contribution in [0.2, 0.25) is 0 Å². The average molecular weight is 361 g/mol. The van der Waals surface area contributed by atoms with Gasteiger partial charge in [0.2, 0.25) is 0 Å². The molecule has 4 nitrogen and oxygen atoms in total. The van der Waals surface area contributed by atoms with Crippen LogP contribution in [0.4, 0.5) is 0 Å². The van der Waals surface area contributed by atoms with Crippen LogP contribution < -0.4 is 5.73 Å². The summed E-state index contributed by atoms with van der Waals surface area (Å²) in [6.45, 7) is 0.464. The van der Waals surface area contributed by atoms with Gasteiger partial charge in [0.15, 0.2) is 0 Å². The molecule has 6 heteroatoms. The van der Waals surface area contributed by atoms with Gasteiger partial charge in [-0.05, 0) is 34.1 Å². The second-order valence-corrected chi connectivity index (χ2v) is 6.50. The van der Waals surface area contributed by atoms with Crippen molar-refractivity contribution in [1.29, 1.82) is 5.26 Å². The predicted molar refractivity (Wildman–Crippen MR) is 88.3 cm³/mol. The lowest BCUT2D eigenvalue weighted by molar-refractivity contribution is 0.598. The number of thiophene rings is 1. The molecule has 2 heterocycles. The third kappa shape index (κ3) is 2.60. The lowest BCUT2D eigenvalue weighted by Crippen LogP contribution is -2.21. The number of benzene rings is 1. The van der Waals surface area contributed by atoms with Gasteiger partial charge in [-0.2, -0.15) is 5.26 Å². The maximum absolute atomic E-state index is 9.06. The van der Waals surface area contributed by atoms with Crippen molar-refractivity contribution in [3.05, 3.63) is 50.9 Å². The second-order valence-electron chi connectivity index (χ2n) is 4.64. The Morgan fingerprint density at radius 2 is 2.24 bits per heavy atom. The number of halogens is 1. The molecule has 21 heavy (non-hydrogen) atoms. The first-order valence-corrected chi connectivity index (χ1v) is 8.18. The summed E-state index contributed by atoms with van der Waals surface area (Å²) in [7, 11) is 0. The van der Waals surface area contributed by atoms with E-state index in [1.54, 1.807) is 11.3 Å². The van der Waals surface area contributed by atoms with Gasteiger partial charge in [0.25, 0.3) is 0 Å². The van der Waals surface area contributed by atoms with Gasteiger partial charge in [-0.3, -0.25) is 0 Å². The van der Waals surface area contributed by atoms with Crippen molar-refractivity contribution in [1.82, 2.24) is 9.55 Å². The normalized spacial score (nSPS) is 12.4. The topological polar surface area (TPSA) is 67.6 Å². The Balaban J connectivity index is 2.21. The second kappa shape index (κ2) is 5.98. The average Bonchev–Trinajstić information content (AvgIpc) is 3.06. The zero-order valence-electron chi connectivity index (χ0n) is 11.2. The number of hydrogen-bond acceptors (Lipinski definition) is 4. The van der Waals surface area contributed by atoms with Crippen molar-refractivity contribution in [2.24, 2.45) is 5.73 Å². The van der Waals surface area contributed by atoms with Crippen molar-refractivity contribution in [3.8, 4) is 6.07 Å². The maximum Gasteiger partial charge on any atom is 0.124 e. The van der Waals surface area contributed by atoms with E-state index in [0.717, 1.165) is 26.2 Å². The SMILES string of the molecule is N#CCc1nc2ccccc2n1C(CN)c1cc(Br)cs1. The summed E-state index contributed by atoms with van der Waals surface area (Å²) in [5.41, 5.74) is 7.94. The molecule has 3 rings (SSSR count). The highest BCUT2D eigenvalue weighted by Gasteiger charge is 2.20. The standard InChI is InChI=1S/C15H13BrN4S/c16-10-7-14(21-9-10)13(8-18)20-12-4-2-1-3-11(12)19-15(20)5-6-17/h1-4,7,9,13H,5,8,18H2. The molecule has 0 aliphatic carbocycles. The van der Waals surface area contributed by atoms with Gasteiger partial charge in [-0.25, -0.2) is 4.98 Å². The molecule has 0 aliphatic rings. The largest absolute Gasteiger partial charge is 0.328 e. The summed E-state index contributed by atoms with van der Waals surface area (Å²) in [4.78, 5) is 5.74. The van der Waals surface area contributed by atoms with E-state index in [2.05, 4.69) is 37.6 Å². The molecule has 0 saturated carbocycles. The number of para-hydroxylation sites is 2. The van der Waals surface area contributed by atoms with Crippen molar-refractivity contribution in [2.75, 3.05) is 6.54 Å². The molecule has 0 bridgehead atoms. The van der Waals surface area contributed by atoms with Crippen LogP contribution in [-0.2, 0) is 6.42 Å². The Kier molecular flexibility index (Phi) is 4.06. The number of rotatable bonds is 4. The molecule has 0 fully saturated rings. The van der Waals surface area contributed by atoms with Gasteiger partial charge < -0.3 is 10.3 Å². The molecular weight excluding hydrogens is 348 g/mol. The first kappa shape index (κ1) is 14.3. The molecule has 3 aromatic rings. The molecule has 2 aromatic heterocycles. The van der Waals surface area contributed by atoms with E-state index in [9.17, 15) is 0 Å². The molecule has 0 amide bonds. The lowest BCUT2D eigenvalue weighted by atomic mass is 10.2. The van der Waals surface area contributed by atoms with Gasteiger partial charge in [-0.15, -0.1) is 11.3 Å². The molecule has 1 unspecified atom stereocenters. The van der Waals surface area contributed by atoms with Crippen molar-refractivity contribution in [3.63, 3.8) is 0 Å². The van der Waals surface area contributed by atoms with Gasteiger partial charge in [0.1, 0.15) is 5.82 Å². The molecular formula is C15H13BrN4S. The van der Waals surface area contributed by atoms with Crippen LogP contribution in [0.5, 0.6) is 0 Å². The maximum atomic E-state index is 9.06. The Bertz CT molecular complexity index is 815. The van der Waals surface area contributed by atoms with Crippen molar-refractivity contribution >= 4 is 38.3 Å². The van der Waals surface area contributed by atoms with Gasteiger partial charge in [0, 0.05) is 21.3 Å². The highest BCUT2D eigenvalue weighted by atomic mass is 79.9. The monoisotopic (exact) mass is 360 g/mol. The van der Waals surface area contributed by atoms with Gasteiger partial charge >= 0.3 is 0 Å². The highest BCUT2D eigenvalue weighted by Crippen LogP contribution is 2.31. The summed E-state index contributed by atoms with van der Waals surface area (Å²) < 4.78 is 3.14. The van der Waals surface area contributed by atoms with E-state index in [1.807, 2.05) is 29.6 Å². The fourth-order valence-electron chi connectivity index (χ4n) is 2.49. The third-order valence-electron chi connectivity index (χ3n) is 3.36. The molecule has 0 saturated heterocycles. The third-order valence-corrected chi connectivity index (χ3v) is 5.15. The van der Waals surface area contributed by atoms with E-state index < -0.39 is 0 Å². The molecule has 0 aliphatic heterocycles. The van der Waals surface area contributed by atoms with Crippen LogP contribution in [0.15, 0.2) is 40.2 Å². The summed E-state index contributed by atoms with van der Waals surface area (Å²) in [6.07, 6.45) is 0.276. The Labute approximate surface area is 135 Å². The number of aromatic nitrogens is 2. The Morgan fingerprint density at radius 1 is 1.43 bits per heavy atom. The van der Waals surface area contributed by atoms with Gasteiger partial charge in [0.05, 0.1) is 29.6 Å². The fraction of sp³-hybridized carbons (Fsp3) is 0.200. The van der Waals surface area contributed by atoms with Crippen LogP contribution in [0.1, 0.15) is 16.7 Å². The number of fused-ring (bicyclic) bond motifs is 1. The molecule has 1 aromatic carbocycles. The Hall–Kier alpha value is -1.68. The molecule has 1 atom stereocenters. The Morgan fingerprint density at radius 3 is 2.90 bits per heavy atom. The quantitative estimate of drug-likeness (QED) is 0.774. The van der Waals surface area contributed by atoms with Crippen LogP contribution in [0.25, 0.3) is 11.0 Å². The zero-order chi connectivity index (χ0) is 14.8. The zero-order valence-corrected chi connectivity index (χ0v) is 13.6. The number of nitriles is 1. The summed E-state index contributed by atoms with van der Waals surface area (Å²) in [5, 5.41) is 11.1. The minimum Gasteiger partial charge on any atom is -0.328 e. The van der Waals surface area contributed by atoms with Gasteiger partial charge in [-0.1, -0.05) is 12.1 Å². The minimum absolute atomic E-state index is 0.00273. The van der Waals surface area contributed by atoms with Crippen LogP contribution >= 0.6 is 27.3 Å². The van der Waals surface area contributed by atoms with E-state index in [0.29, 0.717) is 6.54 Å². The van der Waals surface area contributed by atoms with E-state index in [1.165, 1.54) is 0 Å². The smallest absolute Gasteiger partial charge is 0.124 e. The number of nitrogens with zero attached hydrogens (tertiary/aromatic N) is 3. The van der Waals surface area contributed by atoms with E-state index in [4.69, 9.17) is 11.0 Å². The first-order valence-electron chi connectivity index (χ1n) is 6.51. The summed E-state index contributed by atoms with van der Waals surface area (Å²) in [6, 6.07) is 12.2. The lowest BCUT2D eigenvalue weighted by Gasteiger charge is -2.18. The van der Waals surface area contributed by atoms with Crippen LogP contribution in [-0.4, -0.2) is 16.1 Å². The molecule has 2 N–H and O–H groups in total. The summed E-state index contributed by atoms with van der Waals surface area (Å²) >= 11 is 5.14. The molecule has 0 radical (unpaired) electrons. The predicted octanol–water partition coefficient (Wildman–Crippen LogP) is 3.47. The molecule has 0 spiro atoms. The number of hydrogen-bond donors (Lipinski definition) is 1. The minimum atomic E-state index is -0.00273. The molecule has 106 valence electrons. The first-order chi connectivity index (χ1) is 10.2. The van der Waals surface area contributed by atoms with Crippen LogP contribution in [0, 0.1) is 11.3 Å². The van der Waals surface area contributed by atoms with Crippen molar-refractivity contribution < 1.29 is 0 Å². The number of imidazole rings is 1. The summed E-state index contributed by atoms with van der Waals surface area (Å²) in [5.74, 6) is 0.763.